The first-order valence-corrected chi connectivity index (χ1v) is 14.7. The standard InChI is InChI=1S/C34H50N4O2/c1-21(38(10)11)35-30(40)36-23-14-12-22(13-15-23)29(39)37-28-26-24(31(2,3)16-18-33(26,6)7)20-25-27(28)34(8,9)19-17-32(25,4)5/h12-15,20-21H,16-19H2,1-11H3,(H,37,39)(H2,35,36,40). The first-order valence-electron chi connectivity index (χ1n) is 14.7. The molecule has 1 unspecified atom stereocenters. The highest BCUT2D eigenvalue weighted by Gasteiger charge is 2.46. The summed E-state index contributed by atoms with van der Waals surface area (Å²) >= 11 is 0. The molecule has 0 radical (unpaired) electrons. The summed E-state index contributed by atoms with van der Waals surface area (Å²) in [6.07, 6.45) is 4.30. The van der Waals surface area contributed by atoms with Gasteiger partial charge in [-0.2, -0.15) is 0 Å². The van der Waals surface area contributed by atoms with Crippen molar-refractivity contribution in [2.45, 2.75) is 116 Å². The fourth-order valence-electron chi connectivity index (χ4n) is 6.43. The maximum atomic E-state index is 13.9. The molecule has 0 saturated carbocycles. The van der Waals surface area contributed by atoms with Crippen molar-refractivity contribution in [2.75, 3.05) is 24.7 Å². The molecule has 0 bridgehead atoms. The number of rotatable bonds is 5. The van der Waals surface area contributed by atoms with Crippen molar-refractivity contribution in [2.24, 2.45) is 0 Å². The van der Waals surface area contributed by atoms with Gasteiger partial charge < -0.3 is 16.0 Å². The minimum atomic E-state index is -0.282. The van der Waals surface area contributed by atoms with Gasteiger partial charge in [0.05, 0.1) is 6.17 Å². The van der Waals surface area contributed by atoms with Gasteiger partial charge in [-0.1, -0.05) is 61.5 Å². The van der Waals surface area contributed by atoms with Crippen molar-refractivity contribution in [3.8, 4) is 0 Å². The van der Waals surface area contributed by atoms with Crippen LogP contribution in [-0.4, -0.2) is 37.1 Å². The third kappa shape index (κ3) is 5.65. The monoisotopic (exact) mass is 546 g/mol. The zero-order valence-corrected chi connectivity index (χ0v) is 26.6. The molecule has 2 aromatic carbocycles. The molecule has 0 fully saturated rings. The van der Waals surface area contributed by atoms with Crippen LogP contribution in [0.1, 0.15) is 121 Å². The summed E-state index contributed by atoms with van der Waals surface area (Å²) in [5, 5.41) is 9.19. The molecular formula is C34H50N4O2. The molecule has 0 spiro atoms. The summed E-state index contributed by atoms with van der Waals surface area (Å²) in [7, 11) is 3.81. The molecule has 0 saturated heterocycles. The van der Waals surface area contributed by atoms with Crippen molar-refractivity contribution in [1.29, 1.82) is 0 Å². The molecule has 2 aliphatic rings. The Bertz CT molecular complexity index is 1250. The van der Waals surface area contributed by atoms with E-state index in [0.29, 0.717) is 11.3 Å². The highest BCUT2D eigenvalue weighted by atomic mass is 16.2. The van der Waals surface area contributed by atoms with Crippen LogP contribution in [0.25, 0.3) is 0 Å². The number of nitrogens with one attached hydrogen (secondary N) is 3. The Labute approximate surface area is 241 Å². The molecule has 0 heterocycles. The van der Waals surface area contributed by atoms with Crippen molar-refractivity contribution < 1.29 is 9.59 Å². The zero-order valence-electron chi connectivity index (χ0n) is 26.6. The van der Waals surface area contributed by atoms with E-state index in [1.165, 1.54) is 22.3 Å². The molecule has 218 valence electrons. The molecule has 6 heteroatoms. The molecule has 4 rings (SSSR count). The van der Waals surface area contributed by atoms with Gasteiger partial charge in [0.2, 0.25) is 0 Å². The maximum Gasteiger partial charge on any atom is 0.320 e. The smallest absolute Gasteiger partial charge is 0.320 e. The Hall–Kier alpha value is -2.86. The number of nitrogens with zero attached hydrogens (tertiary/aromatic N) is 1. The van der Waals surface area contributed by atoms with Gasteiger partial charge >= 0.3 is 6.03 Å². The normalized spacial score (nSPS) is 20.6. The lowest BCUT2D eigenvalue weighted by Crippen LogP contribution is -2.44. The average Bonchev–Trinajstić information content (AvgIpc) is 2.84. The lowest BCUT2D eigenvalue weighted by Gasteiger charge is -2.49. The predicted octanol–water partition coefficient (Wildman–Crippen LogP) is 7.67. The van der Waals surface area contributed by atoms with E-state index >= 15 is 0 Å². The topological polar surface area (TPSA) is 73.5 Å². The highest BCUT2D eigenvalue weighted by molar-refractivity contribution is 6.06. The summed E-state index contributed by atoms with van der Waals surface area (Å²) in [5.41, 5.74) is 7.55. The summed E-state index contributed by atoms with van der Waals surface area (Å²) in [6, 6.07) is 9.34. The number of urea groups is 1. The number of fused-ring (bicyclic) bond motifs is 2. The minimum absolute atomic E-state index is 0.0367. The number of carbonyl (C=O) groups is 2. The fraction of sp³-hybridized carbons (Fsp3) is 0.588. The number of hydrogen-bond acceptors (Lipinski definition) is 3. The van der Waals surface area contributed by atoms with Gasteiger partial charge in [-0.25, -0.2) is 4.79 Å². The van der Waals surface area contributed by atoms with E-state index in [0.717, 1.165) is 31.4 Å². The SMILES string of the molecule is CC(NC(=O)Nc1ccc(C(=O)Nc2c3c(cc4c2C(C)(C)CCC4(C)C)C(C)(C)CCC3(C)C)cc1)N(C)C. The van der Waals surface area contributed by atoms with E-state index in [2.05, 4.69) is 77.4 Å². The molecule has 0 aromatic heterocycles. The largest absolute Gasteiger partial charge is 0.323 e. The Morgan fingerprint density at radius 2 is 1.18 bits per heavy atom. The van der Waals surface area contributed by atoms with Crippen LogP contribution in [0.2, 0.25) is 0 Å². The lowest BCUT2D eigenvalue weighted by molar-refractivity contribution is 0.102. The summed E-state index contributed by atoms with van der Waals surface area (Å²) in [4.78, 5) is 28.1. The molecule has 3 N–H and O–H groups in total. The van der Waals surface area contributed by atoms with Gasteiger partial charge in [-0.05, 0) is 115 Å². The molecular weight excluding hydrogens is 496 g/mol. The third-order valence-electron chi connectivity index (χ3n) is 9.65. The third-order valence-corrected chi connectivity index (χ3v) is 9.65. The summed E-state index contributed by atoms with van der Waals surface area (Å²) in [6.45, 7) is 20.6. The van der Waals surface area contributed by atoms with Gasteiger partial charge in [-0.3, -0.25) is 9.69 Å². The zero-order chi connectivity index (χ0) is 29.8. The summed E-state index contributed by atoms with van der Waals surface area (Å²) in [5.74, 6) is -0.119. The van der Waals surface area contributed by atoms with Crippen molar-refractivity contribution >= 4 is 23.3 Å². The Kier molecular flexibility index (Phi) is 7.68. The minimum Gasteiger partial charge on any atom is -0.323 e. The van der Waals surface area contributed by atoms with Crippen molar-refractivity contribution in [1.82, 2.24) is 10.2 Å². The number of hydrogen-bond donors (Lipinski definition) is 3. The van der Waals surface area contributed by atoms with Gasteiger partial charge in [0, 0.05) is 16.9 Å². The van der Waals surface area contributed by atoms with E-state index in [1.54, 1.807) is 24.3 Å². The average molecular weight is 547 g/mol. The maximum absolute atomic E-state index is 13.9. The highest BCUT2D eigenvalue weighted by Crippen LogP contribution is 2.56. The number of carbonyl (C=O) groups excluding carboxylic acids is 2. The molecule has 1 atom stereocenters. The number of anilines is 2. The second-order valence-electron chi connectivity index (χ2n) is 14.9. The first kappa shape index (κ1) is 30.1. The van der Waals surface area contributed by atoms with E-state index in [1.807, 2.05) is 25.9 Å². The van der Waals surface area contributed by atoms with Crippen LogP contribution >= 0.6 is 0 Å². The number of amides is 3. The van der Waals surface area contributed by atoms with Gasteiger partial charge in [-0.15, -0.1) is 0 Å². The molecule has 2 aliphatic carbocycles. The second-order valence-corrected chi connectivity index (χ2v) is 14.9. The second kappa shape index (κ2) is 10.2. The molecule has 0 aliphatic heterocycles. The van der Waals surface area contributed by atoms with Crippen LogP contribution < -0.4 is 16.0 Å². The van der Waals surface area contributed by atoms with Gasteiger partial charge in [0.15, 0.2) is 0 Å². The molecule has 3 amide bonds. The Morgan fingerprint density at radius 1 is 0.725 bits per heavy atom. The van der Waals surface area contributed by atoms with Crippen LogP contribution in [0.15, 0.2) is 30.3 Å². The van der Waals surface area contributed by atoms with Crippen molar-refractivity contribution in [3.63, 3.8) is 0 Å². The van der Waals surface area contributed by atoms with E-state index in [9.17, 15) is 9.59 Å². The lowest BCUT2D eigenvalue weighted by atomic mass is 9.56. The molecule has 40 heavy (non-hydrogen) atoms. The Morgan fingerprint density at radius 3 is 1.62 bits per heavy atom. The molecule has 2 aromatic rings. The Balaban J connectivity index is 1.74. The molecule has 6 nitrogen and oxygen atoms in total. The van der Waals surface area contributed by atoms with Gasteiger partial charge in [0.1, 0.15) is 0 Å². The van der Waals surface area contributed by atoms with E-state index in [-0.39, 0.29) is 39.8 Å². The quantitative estimate of drug-likeness (QED) is 0.337. The number of benzene rings is 2. The van der Waals surface area contributed by atoms with Crippen LogP contribution in [0.5, 0.6) is 0 Å². The first-order chi connectivity index (χ1) is 18.4. The van der Waals surface area contributed by atoms with Crippen LogP contribution in [0.4, 0.5) is 16.2 Å². The van der Waals surface area contributed by atoms with Crippen LogP contribution in [0, 0.1) is 0 Å². The van der Waals surface area contributed by atoms with Crippen LogP contribution in [-0.2, 0) is 21.7 Å². The van der Waals surface area contributed by atoms with Crippen LogP contribution in [0.3, 0.4) is 0 Å². The van der Waals surface area contributed by atoms with Gasteiger partial charge in [0.25, 0.3) is 5.91 Å². The predicted molar refractivity (Wildman–Crippen MR) is 167 cm³/mol. The fourth-order valence-corrected chi connectivity index (χ4v) is 6.43. The van der Waals surface area contributed by atoms with Crippen molar-refractivity contribution in [3.05, 3.63) is 58.1 Å². The van der Waals surface area contributed by atoms with E-state index < -0.39 is 0 Å². The van der Waals surface area contributed by atoms with E-state index in [4.69, 9.17) is 0 Å². The summed E-state index contributed by atoms with van der Waals surface area (Å²) < 4.78 is 0.